The number of aliphatic hydroxyl groups is 4. The summed E-state index contributed by atoms with van der Waals surface area (Å²) in [7, 11) is 0. The molecule has 0 saturated heterocycles. The normalized spacial score (nSPS) is 25.9. The van der Waals surface area contributed by atoms with Crippen molar-refractivity contribution in [1.82, 2.24) is 0 Å². The van der Waals surface area contributed by atoms with Crippen LogP contribution in [0.5, 0.6) is 0 Å². The summed E-state index contributed by atoms with van der Waals surface area (Å²) in [5, 5.41) is 38.4. The van der Waals surface area contributed by atoms with E-state index in [-0.39, 0.29) is 52.7 Å². The average molecular weight is 394 g/mol. The van der Waals surface area contributed by atoms with E-state index < -0.39 is 24.4 Å². The molecular formula is C16H27NO4S3. The number of nitrogens with zero attached hydrogens (tertiary/aromatic N) is 1. The average Bonchev–Trinajstić information content (AvgIpc) is 2.52. The highest BCUT2D eigenvalue weighted by atomic mass is 32.1. The van der Waals surface area contributed by atoms with Gasteiger partial charge in [0.1, 0.15) is 18.3 Å². The second-order valence-electron chi connectivity index (χ2n) is 5.17. The molecule has 0 radical (unpaired) electrons. The Kier molecular flexibility index (Phi) is 13.8. The number of hydrogen-bond acceptors (Lipinski definition) is 5. The monoisotopic (exact) mass is 393 g/mol. The Morgan fingerprint density at radius 3 is 2.17 bits per heavy atom. The first-order chi connectivity index (χ1) is 10.1. The number of aliphatic imine (C=N–C) groups is 1. The van der Waals surface area contributed by atoms with Gasteiger partial charge in [-0.3, -0.25) is 4.99 Å². The Morgan fingerprint density at radius 2 is 1.58 bits per heavy atom. The summed E-state index contributed by atoms with van der Waals surface area (Å²) in [6.07, 6.45) is 1.05. The topological polar surface area (TPSA) is 93.3 Å². The zero-order valence-electron chi connectivity index (χ0n) is 13.2. The quantitative estimate of drug-likeness (QED) is 0.431. The van der Waals surface area contributed by atoms with Gasteiger partial charge in [-0.15, -0.1) is 0 Å². The van der Waals surface area contributed by atoms with Crippen LogP contribution in [0.15, 0.2) is 47.0 Å². The van der Waals surface area contributed by atoms with Crippen LogP contribution in [0.1, 0.15) is 12.0 Å². The highest BCUT2D eigenvalue weighted by molar-refractivity contribution is 7.59. The molecule has 0 saturated carbocycles. The number of rotatable bonds is 5. The molecule has 0 spiro atoms. The Morgan fingerprint density at radius 1 is 0.958 bits per heavy atom. The van der Waals surface area contributed by atoms with Gasteiger partial charge in [-0.05, 0) is 30.2 Å². The van der Waals surface area contributed by atoms with Crippen LogP contribution >= 0.6 is 40.5 Å². The Labute approximate surface area is 163 Å². The third kappa shape index (κ3) is 6.79. The largest absolute Gasteiger partial charge is 0.392 e. The Hall–Kier alpha value is -0.480. The van der Waals surface area contributed by atoms with Crippen LogP contribution in [-0.4, -0.2) is 57.6 Å². The summed E-state index contributed by atoms with van der Waals surface area (Å²) in [6, 6.07) is 9.35. The summed E-state index contributed by atoms with van der Waals surface area (Å²) in [5.74, 6) is 0. The maximum absolute atomic E-state index is 9.89. The minimum absolute atomic E-state index is 0. The molecule has 2 rings (SSSR count). The third-order valence-electron chi connectivity index (χ3n) is 3.65. The second-order valence-corrected chi connectivity index (χ2v) is 5.17. The van der Waals surface area contributed by atoms with Crippen molar-refractivity contribution in [3.05, 3.63) is 47.5 Å². The SMILES string of the molecule is OCC1=C[C@H](N=CCCc2ccccc2)[C@H](O)C(O)[C@@H]1O.S.S.S. The van der Waals surface area contributed by atoms with Gasteiger partial charge in [-0.1, -0.05) is 36.4 Å². The van der Waals surface area contributed by atoms with Crippen LogP contribution in [0, 0.1) is 0 Å². The first kappa shape index (κ1) is 25.8. The highest BCUT2D eigenvalue weighted by Crippen LogP contribution is 2.22. The van der Waals surface area contributed by atoms with E-state index in [1.54, 1.807) is 6.21 Å². The molecule has 1 aliphatic carbocycles. The van der Waals surface area contributed by atoms with E-state index in [1.807, 2.05) is 30.3 Å². The van der Waals surface area contributed by atoms with Crippen LogP contribution in [0.2, 0.25) is 0 Å². The Balaban J connectivity index is 0. The first-order valence-electron chi connectivity index (χ1n) is 7.04. The number of benzene rings is 1. The van der Waals surface area contributed by atoms with Gasteiger partial charge in [-0.2, -0.15) is 40.5 Å². The molecule has 4 N–H and O–H groups in total. The fraction of sp³-hybridized carbons (Fsp3) is 0.438. The lowest BCUT2D eigenvalue weighted by atomic mass is 9.88. The summed E-state index contributed by atoms with van der Waals surface area (Å²) in [4.78, 5) is 4.23. The van der Waals surface area contributed by atoms with E-state index in [1.165, 1.54) is 11.6 Å². The van der Waals surface area contributed by atoms with E-state index in [0.717, 1.165) is 6.42 Å². The molecule has 0 heterocycles. The second kappa shape index (κ2) is 12.8. The lowest BCUT2D eigenvalue weighted by molar-refractivity contribution is -0.0592. The Bertz CT molecular complexity index is 513. The molecule has 1 aromatic rings. The summed E-state index contributed by atoms with van der Waals surface area (Å²) >= 11 is 0. The molecule has 4 atom stereocenters. The van der Waals surface area contributed by atoms with Gasteiger partial charge in [0.05, 0.1) is 12.6 Å². The number of hydrogen-bond donors (Lipinski definition) is 4. The van der Waals surface area contributed by atoms with Gasteiger partial charge >= 0.3 is 0 Å². The van der Waals surface area contributed by atoms with E-state index in [2.05, 4.69) is 4.99 Å². The summed E-state index contributed by atoms with van der Waals surface area (Å²) in [6.45, 7) is -0.360. The minimum Gasteiger partial charge on any atom is -0.392 e. The maximum Gasteiger partial charge on any atom is 0.112 e. The maximum atomic E-state index is 9.89. The van der Waals surface area contributed by atoms with Gasteiger partial charge in [0.15, 0.2) is 0 Å². The van der Waals surface area contributed by atoms with Crippen molar-refractivity contribution >= 4 is 46.7 Å². The van der Waals surface area contributed by atoms with E-state index in [4.69, 9.17) is 5.11 Å². The first-order valence-corrected chi connectivity index (χ1v) is 7.04. The lowest BCUT2D eigenvalue weighted by Crippen LogP contribution is -2.48. The van der Waals surface area contributed by atoms with Crippen LogP contribution in [0.4, 0.5) is 0 Å². The van der Waals surface area contributed by atoms with Crippen molar-refractivity contribution < 1.29 is 20.4 Å². The van der Waals surface area contributed by atoms with Crippen molar-refractivity contribution in [3.63, 3.8) is 0 Å². The van der Waals surface area contributed by atoms with Gasteiger partial charge in [0.25, 0.3) is 0 Å². The van der Waals surface area contributed by atoms with Crippen molar-refractivity contribution in [1.29, 1.82) is 0 Å². The number of aryl methyl sites for hydroxylation is 1. The third-order valence-corrected chi connectivity index (χ3v) is 3.65. The lowest BCUT2D eigenvalue weighted by Gasteiger charge is -2.32. The zero-order chi connectivity index (χ0) is 15.2. The predicted molar refractivity (Wildman–Crippen MR) is 111 cm³/mol. The van der Waals surface area contributed by atoms with Gasteiger partial charge in [-0.25, -0.2) is 0 Å². The fourth-order valence-corrected chi connectivity index (χ4v) is 2.37. The van der Waals surface area contributed by atoms with E-state index in [0.29, 0.717) is 6.42 Å². The van der Waals surface area contributed by atoms with Crippen molar-refractivity contribution in [2.24, 2.45) is 4.99 Å². The number of aliphatic hydroxyl groups excluding tert-OH is 4. The van der Waals surface area contributed by atoms with Crippen LogP contribution in [0.25, 0.3) is 0 Å². The molecule has 0 amide bonds. The zero-order valence-corrected chi connectivity index (χ0v) is 16.2. The van der Waals surface area contributed by atoms with Crippen molar-refractivity contribution in [2.75, 3.05) is 6.61 Å². The van der Waals surface area contributed by atoms with Gasteiger partial charge < -0.3 is 20.4 Å². The molecule has 1 aromatic carbocycles. The molecule has 0 fully saturated rings. The molecule has 5 nitrogen and oxygen atoms in total. The molecule has 24 heavy (non-hydrogen) atoms. The van der Waals surface area contributed by atoms with E-state index >= 15 is 0 Å². The van der Waals surface area contributed by atoms with E-state index in [9.17, 15) is 15.3 Å². The molecule has 0 bridgehead atoms. The van der Waals surface area contributed by atoms with Crippen LogP contribution in [-0.2, 0) is 6.42 Å². The molecule has 0 aromatic heterocycles. The standard InChI is InChI=1S/C16H21NO4.3H2S/c18-10-12-9-13(15(20)16(21)14(12)19)17-8-4-7-11-5-2-1-3-6-11;;;/h1-3,5-6,8-9,13-16,18-21H,4,7,10H2;3*1H2/t13-,14+,15-,16?;;;/m0.../s1. The summed E-state index contributed by atoms with van der Waals surface area (Å²) in [5.41, 5.74) is 1.49. The molecular weight excluding hydrogens is 366 g/mol. The van der Waals surface area contributed by atoms with Crippen molar-refractivity contribution in [3.8, 4) is 0 Å². The van der Waals surface area contributed by atoms with Gasteiger partial charge in [0, 0.05) is 0 Å². The predicted octanol–water partition coefficient (Wildman–Crippen LogP) is 0.412. The molecule has 1 unspecified atom stereocenters. The molecule has 1 aliphatic rings. The molecule has 138 valence electrons. The summed E-state index contributed by atoms with van der Waals surface area (Å²) < 4.78 is 0. The fourth-order valence-electron chi connectivity index (χ4n) is 2.37. The molecule has 0 aliphatic heterocycles. The minimum atomic E-state index is -1.33. The van der Waals surface area contributed by atoms with Crippen LogP contribution < -0.4 is 0 Å². The van der Waals surface area contributed by atoms with Gasteiger partial charge in [0.2, 0.25) is 0 Å². The highest BCUT2D eigenvalue weighted by Gasteiger charge is 2.36. The van der Waals surface area contributed by atoms with Crippen LogP contribution in [0.3, 0.4) is 0 Å². The van der Waals surface area contributed by atoms with Crippen molar-refractivity contribution in [2.45, 2.75) is 37.2 Å². The molecule has 8 heteroatoms. The smallest absolute Gasteiger partial charge is 0.112 e.